The predicted molar refractivity (Wildman–Crippen MR) is 109 cm³/mol. The van der Waals surface area contributed by atoms with Crippen molar-refractivity contribution in [2.75, 3.05) is 23.3 Å². The number of benzene rings is 2. The Labute approximate surface area is 159 Å². The van der Waals surface area contributed by atoms with Gasteiger partial charge in [0, 0.05) is 30.7 Å². The van der Waals surface area contributed by atoms with Crippen LogP contribution in [-0.4, -0.2) is 28.8 Å². The van der Waals surface area contributed by atoms with Crippen LogP contribution in [0.25, 0.3) is 5.69 Å². The Bertz CT molecular complexity index is 894. The first-order valence-electron chi connectivity index (χ1n) is 9.46. The third-order valence-corrected chi connectivity index (χ3v) is 5.12. The Morgan fingerprint density at radius 2 is 1.67 bits per heavy atom. The van der Waals surface area contributed by atoms with Crippen molar-refractivity contribution in [3.63, 3.8) is 0 Å². The van der Waals surface area contributed by atoms with E-state index in [1.807, 2.05) is 42.5 Å². The van der Waals surface area contributed by atoms with Crippen LogP contribution in [0, 0.1) is 5.92 Å². The van der Waals surface area contributed by atoms with Gasteiger partial charge in [0.25, 0.3) is 5.91 Å². The first kappa shape index (κ1) is 17.3. The van der Waals surface area contributed by atoms with E-state index in [0.717, 1.165) is 30.4 Å². The maximum absolute atomic E-state index is 12.5. The zero-order chi connectivity index (χ0) is 18.6. The second-order valence-electron chi connectivity index (χ2n) is 7.15. The third-order valence-electron chi connectivity index (χ3n) is 5.12. The van der Waals surface area contributed by atoms with Crippen LogP contribution in [0.2, 0.25) is 0 Å². The number of carbonyl (C=O) groups excluding carboxylic acids is 1. The van der Waals surface area contributed by atoms with Gasteiger partial charge in [-0.2, -0.15) is 5.10 Å². The molecule has 4 rings (SSSR count). The maximum atomic E-state index is 12.5. The van der Waals surface area contributed by atoms with Crippen LogP contribution in [0.3, 0.4) is 0 Å². The summed E-state index contributed by atoms with van der Waals surface area (Å²) < 4.78 is 1.70. The molecule has 0 radical (unpaired) electrons. The molecule has 0 atom stereocenters. The van der Waals surface area contributed by atoms with Crippen LogP contribution in [0.15, 0.2) is 66.9 Å². The van der Waals surface area contributed by atoms with E-state index in [1.165, 1.54) is 18.5 Å². The lowest BCUT2D eigenvalue weighted by Gasteiger charge is -2.32. The normalized spacial score (nSPS) is 14.9. The molecule has 1 amide bonds. The van der Waals surface area contributed by atoms with Crippen LogP contribution >= 0.6 is 0 Å². The number of piperidine rings is 1. The van der Waals surface area contributed by atoms with E-state index in [0.29, 0.717) is 5.69 Å². The minimum absolute atomic E-state index is 0.204. The molecule has 0 saturated carbocycles. The average molecular weight is 360 g/mol. The number of anilines is 2. The molecule has 0 aliphatic carbocycles. The Kier molecular flexibility index (Phi) is 4.92. The highest BCUT2D eigenvalue weighted by Gasteiger charge is 2.16. The van der Waals surface area contributed by atoms with Crippen molar-refractivity contribution in [3.8, 4) is 5.69 Å². The number of carbonyl (C=O) groups is 1. The van der Waals surface area contributed by atoms with Gasteiger partial charge in [-0.3, -0.25) is 4.79 Å². The zero-order valence-corrected chi connectivity index (χ0v) is 15.5. The second-order valence-corrected chi connectivity index (χ2v) is 7.15. The highest BCUT2D eigenvalue weighted by Crippen LogP contribution is 2.24. The fraction of sp³-hybridized carbons (Fsp3) is 0.273. The molecule has 1 saturated heterocycles. The van der Waals surface area contributed by atoms with E-state index in [2.05, 4.69) is 34.4 Å². The van der Waals surface area contributed by atoms with Gasteiger partial charge in [-0.25, -0.2) is 4.68 Å². The summed E-state index contributed by atoms with van der Waals surface area (Å²) in [6.45, 7) is 4.52. The summed E-state index contributed by atoms with van der Waals surface area (Å²) in [4.78, 5) is 14.9. The first-order valence-corrected chi connectivity index (χ1v) is 9.46. The van der Waals surface area contributed by atoms with Crippen molar-refractivity contribution >= 4 is 17.3 Å². The molecule has 0 spiro atoms. The molecule has 2 aromatic carbocycles. The molecular weight excluding hydrogens is 336 g/mol. The van der Waals surface area contributed by atoms with Crippen LogP contribution in [0.5, 0.6) is 0 Å². The molecule has 0 unspecified atom stereocenters. The van der Waals surface area contributed by atoms with E-state index >= 15 is 0 Å². The zero-order valence-electron chi connectivity index (χ0n) is 15.5. The number of aromatic nitrogens is 2. The maximum Gasteiger partial charge on any atom is 0.276 e. The standard InChI is InChI=1S/C22H24N4O/c1-17-11-14-25(15-12-17)19-9-7-18(8-10-19)23-22(27)21-13-16-26(24-21)20-5-3-2-4-6-20/h2-10,13,16-17H,11-12,14-15H2,1H3,(H,23,27). The molecule has 0 bridgehead atoms. The summed E-state index contributed by atoms with van der Waals surface area (Å²) in [5.74, 6) is 0.611. The number of hydrogen-bond donors (Lipinski definition) is 1. The SMILES string of the molecule is CC1CCN(c2ccc(NC(=O)c3ccn(-c4ccccc4)n3)cc2)CC1. The molecule has 1 aliphatic heterocycles. The number of para-hydroxylation sites is 1. The fourth-order valence-corrected chi connectivity index (χ4v) is 3.39. The lowest BCUT2D eigenvalue weighted by molar-refractivity contribution is 0.102. The van der Waals surface area contributed by atoms with E-state index in [9.17, 15) is 4.79 Å². The fourth-order valence-electron chi connectivity index (χ4n) is 3.39. The van der Waals surface area contributed by atoms with E-state index in [1.54, 1.807) is 16.9 Å². The Morgan fingerprint density at radius 3 is 2.37 bits per heavy atom. The molecule has 5 heteroatoms. The summed E-state index contributed by atoms with van der Waals surface area (Å²) in [7, 11) is 0. The van der Waals surface area contributed by atoms with Gasteiger partial charge in [-0.15, -0.1) is 0 Å². The lowest BCUT2D eigenvalue weighted by atomic mass is 9.99. The Balaban J connectivity index is 1.40. The number of amides is 1. The first-order chi connectivity index (χ1) is 13.2. The van der Waals surface area contributed by atoms with Gasteiger partial charge < -0.3 is 10.2 Å². The smallest absolute Gasteiger partial charge is 0.276 e. The van der Waals surface area contributed by atoms with Gasteiger partial charge >= 0.3 is 0 Å². The molecule has 5 nitrogen and oxygen atoms in total. The number of nitrogens with one attached hydrogen (secondary N) is 1. The van der Waals surface area contributed by atoms with Gasteiger partial charge in [0.1, 0.15) is 0 Å². The number of hydrogen-bond acceptors (Lipinski definition) is 3. The highest BCUT2D eigenvalue weighted by molar-refractivity contribution is 6.02. The molecule has 1 aromatic heterocycles. The summed E-state index contributed by atoms with van der Waals surface area (Å²) in [5.41, 5.74) is 3.32. The van der Waals surface area contributed by atoms with Gasteiger partial charge in [-0.05, 0) is 61.2 Å². The predicted octanol–water partition coefficient (Wildman–Crippen LogP) is 4.36. The molecule has 3 aromatic rings. The molecule has 1 aliphatic rings. The monoisotopic (exact) mass is 360 g/mol. The minimum atomic E-state index is -0.204. The van der Waals surface area contributed by atoms with Crippen molar-refractivity contribution in [2.45, 2.75) is 19.8 Å². The largest absolute Gasteiger partial charge is 0.372 e. The topological polar surface area (TPSA) is 50.2 Å². The molecule has 2 heterocycles. The van der Waals surface area contributed by atoms with Crippen LogP contribution in [0.1, 0.15) is 30.3 Å². The van der Waals surface area contributed by atoms with Crippen molar-refractivity contribution in [1.82, 2.24) is 9.78 Å². The summed E-state index contributed by atoms with van der Waals surface area (Å²) in [6, 6.07) is 19.5. The minimum Gasteiger partial charge on any atom is -0.372 e. The Morgan fingerprint density at radius 1 is 0.963 bits per heavy atom. The van der Waals surface area contributed by atoms with E-state index in [-0.39, 0.29) is 5.91 Å². The Hall–Kier alpha value is -3.08. The van der Waals surface area contributed by atoms with Crippen molar-refractivity contribution in [3.05, 3.63) is 72.6 Å². The molecular formula is C22H24N4O. The van der Waals surface area contributed by atoms with Gasteiger partial charge in [-0.1, -0.05) is 25.1 Å². The van der Waals surface area contributed by atoms with E-state index in [4.69, 9.17) is 0 Å². The summed E-state index contributed by atoms with van der Waals surface area (Å²) >= 11 is 0. The second kappa shape index (κ2) is 7.66. The number of nitrogens with zero attached hydrogens (tertiary/aromatic N) is 3. The van der Waals surface area contributed by atoms with Crippen molar-refractivity contribution in [1.29, 1.82) is 0 Å². The molecule has 138 valence electrons. The summed E-state index contributed by atoms with van der Waals surface area (Å²) in [6.07, 6.45) is 4.27. The van der Waals surface area contributed by atoms with Crippen molar-refractivity contribution in [2.24, 2.45) is 5.92 Å². The molecule has 1 N–H and O–H groups in total. The van der Waals surface area contributed by atoms with Crippen LogP contribution in [0.4, 0.5) is 11.4 Å². The highest BCUT2D eigenvalue weighted by atomic mass is 16.1. The number of rotatable bonds is 4. The van der Waals surface area contributed by atoms with Crippen LogP contribution < -0.4 is 10.2 Å². The van der Waals surface area contributed by atoms with Gasteiger partial charge in [0.2, 0.25) is 0 Å². The molecule has 27 heavy (non-hydrogen) atoms. The molecule has 1 fully saturated rings. The summed E-state index contributed by atoms with van der Waals surface area (Å²) in [5, 5.41) is 7.30. The van der Waals surface area contributed by atoms with Crippen molar-refractivity contribution < 1.29 is 4.79 Å². The average Bonchev–Trinajstić information content (AvgIpc) is 3.20. The van der Waals surface area contributed by atoms with Gasteiger partial charge in [0.15, 0.2) is 5.69 Å². The quantitative estimate of drug-likeness (QED) is 0.752. The van der Waals surface area contributed by atoms with Gasteiger partial charge in [0.05, 0.1) is 5.69 Å². The third kappa shape index (κ3) is 4.03. The van der Waals surface area contributed by atoms with Crippen LogP contribution in [-0.2, 0) is 0 Å². The lowest BCUT2D eigenvalue weighted by Crippen LogP contribution is -2.32. The van der Waals surface area contributed by atoms with E-state index < -0.39 is 0 Å².